The van der Waals surface area contributed by atoms with Gasteiger partial charge in [-0.2, -0.15) is 0 Å². The Labute approximate surface area is 186 Å². The molecule has 0 saturated carbocycles. The van der Waals surface area contributed by atoms with E-state index in [-0.39, 0.29) is 9.79 Å². The molecule has 0 atom stereocenters. The van der Waals surface area contributed by atoms with Gasteiger partial charge in [0.15, 0.2) is 0 Å². The minimum absolute atomic E-state index is 0.210. The fourth-order valence-electron chi connectivity index (χ4n) is 3.50. The molecule has 0 aliphatic carbocycles. The van der Waals surface area contributed by atoms with E-state index < -0.39 is 17.9 Å². The first-order valence-corrected chi connectivity index (χ1v) is 15.1. The van der Waals surface area contributed by atoms with Crippen LogP contribution in [0.15, 0.2) is 46.2 Å². The fraction of sp³-hybridized carbons (Fsp3) is 0.455. The van der Waals surface area contributed by atoms with Crippen molar-refractivity contribution in [2.24, 2.45) is 0 Å². The number of ether oxygens (including phenoxy) is 1. The molecular formula is C22H30Cl2O3SSi. The van der Waals surface area contributed by atoms with E-state index >= 15 is 0 Å². The molecule has 2 aromatic carbocycles. The van der Waals surface area contributed by atoms with Crippen LogP contribution in [0, 0.1) is 6.92 Å². The van der Waals surface area contributed by atoms with E-state index in [0.717, 1.165) is 11.6 Å². The number of rotatable bonds is 10. The normalized spacial score (nSPS) is 12.3. The van der Waals surface area contributed by atoms with Crippen LogP contribution in [0.3, 0.4) is 0 Å². The van der Waals surface area contributed by atoms with Gasteiger partial charge < -0.3 is 4.74 Å². The number of sulfone groups is 1. The van der Waals surface area contributed by atoms with E-state index in [0.29, 0.717) is 28.8 Å². The van der Waals surface area contributed by atoms with Crippen molar-refractivity contribution in [2.75, 3.05) is 6.61 Å². The summed E-state index contributed by atoms with van der Waals surface area (Å²) in [5.74, 6) is 0. The second-order valence-corrected chi connectivity index (χ2v) is 15.9. The lowest BCUT2D eigenvalue weighted by molar-refractivity contribution is 0.133. The Morgan fingerprint density at radius 3 is 2.00 bits per heavy atom. The molecule has 0 spiro atoms. The smallest absolute Gasteiger partial charge is 0.206 e. The van der Waals surface area contributed by atoms with Gasteiger partial charge in [-0.1, -0.05) is 62.1 Å². The predicted octanol–water partition coefficient (Wildman–Crippen LogP) is 7.16. The van der Waals surface area contributed by atoms with Crippen LogP contribution in [0.5, 0.6) is 0 Å². The molecule has 2 aromatic rings. The van der Waals surface area contributed by atoms with Crippen molar-refractivity contribution in [2.45, 2.75) is 68.3 Å². The van der Waals surface area contributed by atoms with Crippen LogP contribution in [0.4, 0.5) is 0 Å². The molecule has 0 N–H and O–H groups in total. The van der Waals surface area contributed by atoms with Crippen molar-refractivity contribution in [1.82, 2.24) is 0 Å². The van der Waals surface area contributed by atoms with Crippen LogP contribution in [0.1, 0.15) is 31.9 Å². The van der Waals surface area contributed by atoms with Gasteiger partial charge in [0.25, 0.3) is 0 Å². The van der Waals surface area contributed by atoms with Gasteiger partial charge in [0.2, 0.25) is 9.84 Å². The number of aryl methyl sites for hydroxylation is 1. The monoisotopic (exact) mass is 472 g/mol. The molecule has 0 aliphatic rings. The van der Waals surface area contributed by atoms with Crippen LogP contribution >= 0.6 is 23.2 Å². The number of halogens is 2. The van der Waals surface area contributed by atoms with Crippen LogP contribution in [-0.2, 0) is 21.2 Å². The third-order valence-electron chi connectivity index (χ3n) is 6.05. The van der Waals surface area contributed by atoms with Crippen LogP contribution in [0.25, 0.3) is 0 Å². The lowest BCUT2D eigenvalue weighted by Gasteiger charge is -2.27. The van der Waals surface area contributed by atoms with Crippen LogP contribution in [0.2, 0.25) is 34.2 Å². The third kappa shape index (κ3) is 5.86. The quantitative estimate of drug-likeness (QED) is 0.272. The SMILES string of the molecule is CC[Si](CC)(CC)CCOCc1cc(S(=O)(=O)c2ccc(Cl)c(C)c2)ccc1Cl. The molecule has 3 nitrogen and oxygen atoms in total. The molecule has 0 fully saturated rings. The summed E-state index contributed by atoms with van der Waals surface area (Å²) in [5.41, 5.74) is 1.41. The molecular weight excluding hydrogens is 443 g/mol. The van der Waals surface area contributed by atoms with Crippen molar-refractivity contribution >= 4 is 41.1 Å². The maximum absolute atomic E-state index is 13.0. The van der Waals surface area contributed by atoms with E-state index in [1.165, 1.54) is 30.3 Å². The highest BCUT2D eigenvalue weighted by atomic mass is 35.5. The Morgan fingerprint density at radius 2 is 1.45 bits per heavy atom. The maximum Gasteiger partial charge on any atom is 0.206 e. The average Bonchev–Trinajstić information content (AvgIpc) is 2.71. The van der Waals surface area contributed by atoms with E-state index in [9.17, 15) is 8.42 Å². The van der Waals surface area contributed by atoms with Crippen LogP contribution < -0.4 is 0 Å². The van der Waals surface area contributed by atoms with Gasteiger partial charge in [0.05, 0.1) is 24.5 Å². The van der Waals surface area contributed by atoms with E-state index in [2.05, 4.69) is 20.8 Å². The van der Waals surface area contributed by atoms with Gasteiger partial charge in [-0.05, 0) is 60.5 Å². The Balaban J connectivity index is 2.16. The first kappa shape index (κ1) is 24.4. The largest absolute Gasteiger partial charge is 0.377 e. The molecule has 29 heavy (non-hydrogen) atoms. The summed E-state index contributed by atoms with van der Waals surface area (Å²) >= 11 is 12.3. The van der Waals surface area contributed by atoms with Gasteiger partial charge in [0.1, 0.15) is 0 Å². The van der Waals surface area contributed by atoms with Gasteiger partial charge >= 0.3 is 0 Å². The summed E-state index contributed by atoms with van der Waals surface area (Å²) in [6, 6.07) is 14.4. The molecule has 0 bridgehead atoms. The minimum Gasteiger partial charge on any atom is -0.377 e. The second-order valence-electron chi connectivity index (χ2n) is 7.53. The molecule has 2 rings (SSSR count). The average molecular weight is 474 g/mol. The van der Waals surface area contributed by atoms with E-state index in [4.69, 9.17) is 27.9 Å². The van der Waals surface area contributed by atoms with E-state index in [1.54, 1.807) is 31.2 Å². The highest BCUT2D eigenvalue weighted by molar-refractivity contribution is 7.91. The molecule has 0 unspecified atom stereocenters. The highest BCUT2D eigenvalue weighted by Crippen LogP contribution is 2.29. The Hall–Kier alpha value is -0.853. The van der Waals surface area contributed by atoms with Crippen molar-refractivity contribution in [3.05, 3.63) is 57.6 Å². The maximum atomic E-state index is 13.0. The van der Waals surface area contributed by atoms with Crippen molar-refractivity contribution in [3.8, 4) is 0 Å². The number of hydrogen-bond acceptors (Lipinski definition) is 3. The summed E-state index contributed by atoms with van der Waals surface area (Å²) < 4.78 is 31.9. The zero-order valence-corrected chi connectivity index (χ0v) is 20.9. The summed E-state index contributed by atoms with van der Waals surface area (Å²) in [5, 5.41) is 1.06. The first-order valence-electron chi connectivity index (χ1n) is 10.1. The van der Waals surface area contributed by atoms with Gasteiger partial charge in [-0.25, -0.2) is 8.42 Å². The Kier molecular flexibility index (Phi) is 8.80. The number of hydrogen-bond donors (Lipinski definition) is 0. The Morgan fingerprint density at radius 1 is 0.897 bits per heavy atom. The summed E-state index contributed by atoms with van der Waals surface area (Å²) in [6.45, 7) is 9.62. The summed E-state index contributed by atoms with van der Waals surface area (Å²) in [4.78, 5) is 0.430. The number of benzene rings is 2. The molecule has 0 amide bonds. The van der Waals surface area contributed by atoms with Gasteiger partial charge in [-0.3, -0.25) is 0 Å². The minimum atomic E-state index is -3.65. The lowest BCUT2D eigenvalue weighted by Crippen LogP contribution is -2.32. The van der Waals surface area contributed by atoms with E-state index in [1.807, 2.05) is 0 Å². The topological polar surface area (TPSA) is 43.4 Å². The molecule has 0 aliphatic heterocycles. The third-order valence-corrected chi connectivity index (χ3v) is 14.4. The molecule has 7 heteroatoms. The molecule has 0 heterocycles. The van der Waals surface area contributed by atoms with Gasteiger partial charge in [-0.15, -0.1) is 0 Å². The Bertz CT molecular complexity index is 933. The second kappa shape index (κ2) is 10.4. The molecule has 0 aromatic heterocycles. The summed E-state index contributed by atoms with van der Waals surface area (Å²) in [6.07, 6.45) is 0. The standard InChI is InChI=1S/C22H30Cl2O3SSi/c1-5-29(6-2,7-3)13-12-27-16-18-15-20(9-11-22(18)24)28(25,26)19-8-10-21(23)17(4)14-19/h8-11,14-15H,5-7,12-13,16H2,1-4H3. The van der Waals surface area contributed by atoms with Crippen molar-refractivity contribution in [3.63, 3.8) is 0 Å². The first-order chi connectivity index (χ1) is 13.7. The molecule has 160 valence electrons. The fourth-order valence-corrected chi connectivity index (χ4v) is 8.32. The highest BCUT2D eigenvalue weighted by Gasteiger charge is 2.26. The molecule has 0 radical (unpaired) electrons. The zero-order valence-electron chi connectivity index (χ0n) is 17.6. The van der Waals surface area contributed by atoms with Gasteiger partial charge in [0, 0.05) is 16.7 Å². The predicted molar refractivity (Wildman–Crippen MR) is 125 cm³/mol. The molecule has 0 saturated heterocycles. The zero-order chi connectivity index (χ0) is 21.7. The van der Waals surface area contributed by atoms with Crippen molar-refractivity contribution < 1.29 is 13.2 Å². The lowest BCUT2D eigenvalue weighted by atomic mass is 10.2. The summed E-state index contributed by atoms with van der Waals surface area (Å²) in [7, 11) is -4.88. The van der Waals surface area contributed by atoms with Crippen molar-refractivity contribution in [1.29, 1.82) is 0 Å². The van der Waals surface area contributed by atoms with Crippen LogP contribution in [-0.4, -0.2) is 23.1 Å².